The Labute approximate surface area is 82.0 Å². The molecule has 1 aliphatic rings. The van der Waals surface area contributed by atoms with Crippen LogP contribution in [0.5, 0.6) is 0 Å². The summed E-state index contributed by atoms with van der Waals surface area (Å²) < 4.78 is 5.33. The number of hydrogen-bond acceptors (Lipinski definition) is 2. The van der Waals surface area contributed by atoms with Crippen molar-refractivity contribution in [2.75, 3.05) is 13.7 Å². The van der Waals surface area contributed by atoms with Crippen LogP contribution in [0.15, 0.2) is 0 Å². The van der Waals surface area contributed by atoms with Crippen molar-refractivity contribution < 1.29 is 4.74 Å². The van der Waals surface area contributed by atoms with Crippen LogP contribution in [0.2, 0.25) is 0 Å². The van der Waals surface area contributed by atoms with E-state index < -0.39 is 0 Å². The Kier molecular flexibility index (Phi) is 3.74. The third kappa shape index (κ3) is 4.10. The number of hydrogen-bond donors (Lipinski definition) is 1. The van der Waals surface area contributed by atoms with Crippen LogP contribution < -0.4 is 5.32 Å². The molecule has 0 amide bonds. The van der Waals surface area contributed by atoms with Crippen molar-refractivity contribution in [1.82, 2.24) is 5.32 Å². The Morgan fingerprint density at radius 2 is 2.00 bits per heavy atom. The Morgan fingerprint density at radius 3 is 2.46 bits per heavy atom. The molecule has 2 heteroatoms. The summed E-state index contributed by atoms with van der Waals surface area (Å²) >= 11 is 0. The van der Waals surface area contributed by atoms with Gasteiger partial charge in [-0.1, -0.05) is 20.8 Å². The first-order valence-corrected chi connectivity index (χ1v) is 5.27. The van der Waals surface area contributed by atoms with Gasteiger partial charge in [-0.05, 0) is 24.7 Å². The molecule has 2 unspecified atom stereocenters. The zero-order valence-electron chi connectivity index (χ0n) is 9.39. The number of rotatable bonds is 3. The highest BCUT2D eigenvalue weighted by Gasteiger charge is 2.24. The summed E-state index contributed by atoms with van der Waals surface area (Å²) in [5, 5.41) is 3.61. The standard InChI is InChI=1S/C11H23NO/c1-11(2,3)8-12-9-5-6-10(7-9)13-4/h9-10,12H,5-8H2,1-4H3. The molecule has 78 valence electrons. The molecule has 2 nitrogen and oxygen atoms in total. The lowest BCUT2D eigenvalue weighted by molar-refractivity contribution is 0.106. The van der Waals surface area contributed by atoms with Crippen LogP contribution in [0.25, 0.3) is 0 Å². The lowest BCUT2D eigenvalue weighted by Crippen LogP contribution is -2.34. The summed E-state index contributed by atoms with van der Waals surface area (Å²) in [7, 11) is 1.82. The van der Waals surface area contributed by atoms with Crippen molar-refractivity contribution in [3.63, 3.8) is 0 Å². The molecule has 0 radical (unpaired) electrons. The third-order valence-corrected chi connectivity index (χ3v) is 2.64. The Bertz CT molecular complexity index is 151. The first-order valence-electron chi connectivity index (χ1n) is 5.27. The number of methoxy groups -OCH3 is 1. The molecule has 1 fully saturated rings. The van der Waals surface area contributed by atoms with Crippen molar-refractivity contribution in [1.29, 1.82) is 0 Å². The third-order valence-electron chi connectivity index (χ3n) is 2.64. The van der Waals surface area contributed by atoms with Gasteiger partial charge in [-0.2, -0.15) is 0 Å². The maximum atomic E-state index is 5.33. The summed E-state index contributed by atoms with van der Waals surface area (Å²) in [6, 6.07) is 0.684. The summed E-state index contributed by atoms with van der Waals surface area (Å²) in [6.07, 6.45) is 4.18. The van der Waals surface area contributed by atoms with Gasteiger partial charge in [-0.3, -0.25) is 0 Å². The molecule has 1 rings (SSSR count). The molecule has 1 N–H and O–H groups in total. The predicted octanol–water partition coefficient (Wildman–Crippen LogP) is 2.19. The van der Waals surface area contributed by atoms with Crippen LogP contribution in [-0.4, -0.2) is 25.8 Å². The number of nitrogens with one attached hydrogen (secondary N) is 1. The van der Waals surface area contributed by atoms with Crippen molar-refractivity contribution in [3.8, 4) is 0 Å². The zero-order valence-corrected chi connectivity index (χ0v) is 9.39. The van der Waals surface area contributed by atoms with Gasteiger partial charge in [0.2, 0.25) is 0 Å². The largest absolute Gasteiger partial charge is 0.381 e. The molecule has 13 heavy (non-hydrogen) atoms. The Hall–Kier alpha value is -0.0800. The first kappa shape index (κ1) is 11.0. The molecule has 0 bridgehead atoms. The van der Waals surface area contributed by atoms with E-state index in [0.717, 1.165) is 6.54 Å². The van der Waals surface area contributed by atoms with Gasteiger partial charge in [0.25, 0.3) is 0 Å². The molecular formula is C11H23NO. The summed E-state index contributed by atoms with van der Waals surface area (Å²) in [6.45, 7) is 7.91. The lowest BCUT2D eigenvalue weighted by Gasteiger charge is -2.22. The normalized spacial score (nSPS) is 29.5. The van der Waals surface area contributed by atoms with Gasteiger partial charge in [0.15, 0.2) is 0 Å². The average molecular weight is 185 g/mol. The fraction of sp³-hybridized carbons (Fsp3) is 1.00. The molecule has 0 spiro atoms. The molecule has 1 aliphatic carbocycles. The van der Waals surface area contributed by atoms with Gasteiger partial charge in [0.05, 0.1) is 6.10 Å². The van der Waals surface area contributed by atoms with Crippen molar-refractivity contribution in [3.05, 3.63) is 0 Å². The minimum Gasteiger partial charge on any atom is -0.381 e. The Balaban J connectivity index is 2.17. The van der Waals surface area contributed by atoms with E-state index in [0.29, 0.717) is 17.6 Å². The Morgan fingerprint density at radius 1 is 1.31 bits per heavy atom. The van der Waals surface area contributed by atoms with E-state index in [1.165, 1.54) is 19.3 Å². The van der Waals surface area contributed by atoms with Crippen LogP contribution in [0, 0.1) is 5.41 Å². The minimum absolute atomic E-state index is 0.394. The van der Waals surface area contributed by atoms with Gasteiger partial charge in [0.1, 0.15) is 0 Å². The fourth-order valence-corrected chi connectivity index (χ4v) is 1.79. The van der Waals surface area contributed by atoms with Crippen molar-refractivity contribution in [2.45, 2.75) is 52.2 Å². The van der Waals surface area contributed by atoms with Crippen LogP contribution in [0.3, 0.4) is 0 Å². The van der Waals surface area contributed by atoms with E-state index in [-0.39, 0.29) is 0 Å². The summed E-state index contributed by atoms with van der Waals surface area (Å²) in [4.78, 5) is 0. The predicted molar refractivity (Wildman–Crippen MR) is 55.9 cm³/mol. The highest BCUT2D eigenvalue weighted by molar-refractivity contribution is 4.82. The first-order chi connectivity index (χ1) is 6.01. The molecule has 0 heterocycles. The molecule has 0 aliphatic heterocycles. The average Bonchev–Trinajstić information content (AvgIpc) is 2.47. The molecule has 0 aromatic carbocycles. The van der Waals surface area contributed by atoms with Gasteiger partial charge < -0.3 is 10.1 Å². The topological polar surface area (TPSA) is 21.3 Å². The highest BCUT2D eigenvalue weighted by Crippen LogP contribution is 2.22. The van der Waals surface area contributed by atoms with Crippen LogP contribution in [0.4, 0.5) is 0 Å². The van der Waals surface area contributed by atoms with E-state index in [9.17, 15) is 0 Å². The lowest BCUT2D eigenvalue weighted by atomic mass is 9.96. The van der Waals surface area contributed by atoms with E-state index in [1.54, 1.807) is 0 Å². The SMILES string of the molecule is COC1CCC(NCC(C)(C)C)C1. The van der Waals surface area contributed by atoms with Gasteiger partial charge in [0, 0.05) is 19.7 Å². The molecular weight excluding hydrogens is 162 g/mol. The second kappa shape index (κ2) is 4.43. The highest BCUT2D eigenvalue weighted by atomic mass is 16.5. The molecule has 1 saturated carbocycles. The van der Waals surface area contributed by atoms with Crippen LogP contribution >= 0.6 is 0 Å². The molecule has 0 aromatic heterocycles. The smallest absolute Gasteiger partial charge is 0.0586 e. The van der Waals surface area contributed by atoms with E-state index >= 15 is 0 Å². The quantitative estimate of drug-likeness (QED) is 0.727. The maximum absolute atomic E-state index is 5.33. The van der Waals surface area contributed by atoms with Gasteiger partial charge in [-0.25, -0.2) is 0 Å². The van der Waals surface area contributed by atoms with Gasteiger partial charge >= 0.3 is 0 Å². The summed E-state index contributed by atoms with van der Waals surface area (Å²) in [5.74, 6) is 0. The summed E-state index contributed by atoms with van der Waals surface area (Å²) in [5.41, 5.74) is 0.394. The molecule has 2 atom stereocenters. The van der Waals surface area contributed by atoms with E-state index in [1.807, 2.05) is 7.11 Å². The second-order valence-electron chi connectivity index (χ2n) is 5.31. The van der Waals surface area contributed by atoms with Gasteiger partial charge in [-0.15, -0.1) is 0 Å². The monoisotopic (exact) mass is 185 g/mol. The van der Waals surface area contributed by atoms with Crippen LogP contribution in [-0.2, 0) is 4.74 Å². The van der Waals surface area contributed by atoms with Crippen LogP contribution in [0.1, 0.15) is 40.0 Å². The van der Waals surface area contributed by atoms with Crippen molar-refractivity contribution in [2.24, 2.45) is 5.41 Å². The minimum atomic E-state index is 0.394. The fourth-order valence-electron chi connectivity index (χ4n) is 1.79. The maximum Gasteiger partial charge on any atom is 0.0586 e. The van der Waals surface area contributed by atoms with E-state index in [4.69, 9.17) is 4.74 Å². The number of ether oxygens (including phenoxy) is 1. The second-order valence-corrected chi connectivity index (χ2v) is 5.31. The van der Waals surface area contributed by atoms with Crippen molar-refractivity contribution >= 4 is 0 Å². The molecule has 0 saturated heterocycles. The molecule has 0 aromatic rings. The van der Waals surface area contributed by atoms with E-state index in [2.05, 4.69) is 26.1 Å². The zero-order chi connectivity index (χ0) is 9.90.